The Labute approximate surface area is 144 Å². The van der Waals surface area contributed by atoms with E-state index in [-0.39, 0.29) is 5.91 Å². The van der Waals surface area contributed by atoms with E-state index in [9.17, 15) is 4.79 Å². The fourth-order valence-corrected chi connectivity index (χ4v) is 2.33. The van der Waals surface area contributed by atoms with Crippen molar-refractivity contribution in [2.24, 2.45) is 0 Å². The van der Waals surface area contributed by atoms with Crippen molar-refractivity contribution in [2.45, 2.75) is 13.5 Å². The molecule has 0 radical (unpaired) electrons. The van der Waals surface area contributed by atoms with Gasteiger partial charge in [0.25, 0.3) is 0 Å². The van der Waals surface area contributed by atoms with Gasteiger partial charge in [-0.15, -0.1) is 0 Å². The molecule has 0 unspecified atom stereocenters. The molecule has 0 aliphatic rings. The predicted molar refractivity (Wildman–Crippen MR) is 93.5 cm³/mol. The van der Waals surface area contributed by atoms with Crippen LogP contribution in [0.5, 0.6) is 0 Å². The Balaban J connectivity index is 1.62. The Morgan fingerprint density at radius 2 is 2.12 bits per heavy atom. The molecule has 0 saturated carbocycles. The van der Waals surface area contributed by atoms with Crippen molar-refractivity contribution in [1.29, 1.82) is 0 Å². The highest BCUT2D eigenvalue weighted by molar-refractivity contribution is 6.31. The van der Waals surface area contributed by atoms with Gasteiger partial charge in [-0.2, -0.15) is 0 Å². The van der Waals surface area contributed by atoms with E-state index in [1.165, 1.54) is 6.08 Å². The molecule has 0 aliphatic heterocycles. The Bertz CT molecular complexity index is 863. The summed E-state index contributed by atoms with van der Waals surface area (Å²) in [6.45, 7) is 2.30. The zero-order chi connectivity index (χ0) is 16.9. The summed E-state index contributed by atoms with van der Waals surface area (Å²) in [5.41, 5.74) is 1.91. The van der Waals surface area contributed by atoms with Crippen LogP contribution in [0.2, 0.25) is 5.02 Å². The summed E-state index contributed by atoms with van der Waals surface area (Å²) < 4.78 is 10.9. The number of aryl methyl sites for hydroxylation is 1. The first-order chi connectivity index (χ1) is 11.6. The summed E-state index contributed by atoms with van der Waals surface area (Å²) in [5, 5.41) is 3.42. The average Bonchev–Trinajstić information content (AvgIpc) is 3.25. The predicted octanol–water partition coefficient (Wildman–Crippen LogP) is 4.83. The number of hydrogen-bond donors (Lipinski definition) is 1. The van der Waals surface area contributed by atoms with Gasteiger partial charge in [-0.25, -0.2) is 0 Å². The van der Waals surface area contributed by atoms with Gasteiger partial charge in [0.15, 0.2) is 0 Å². The maximum absolute atomic E-state index is 11.8. The number of halogens is 1. The van der Waals surface area contributed by atoms with Crippen molar-refractivity contribution in [3.05, 3.63) is 76.9 Å². The van der Waals surface area contributed by atoms with Crippen molar-refractivity contribution in [3.63, 3.8) is 0 Å². The van der Waals surface area contributed by atoms with E-state index in [2.05, 4.69) is 5.32 Å². The van der Waals surface area contributed by atoms with Gasteiger partial charge in [0.2, 0.25) is 5.91 Å². The quantitative estimate of drug-likeness (QED) is 0.676. The number of furan rings is 2. The highest BCUT2D eigenvalue weighted by Crippen LogP contribution is 2.27. The maximum atomic E-state index is 11.8. The van der Waals surface area contributed by atoms with Gasteiger partial charge in [0.05, 0.1) is 12.8 Å². The molecule has 122 valence electrons. The third-order valence-corrected chi connectivity index (χ3v) is 3.91. The van der Waals surface area contributed by atoms with E-state index in [1.54, 1.807) is 30.5 Å². The second-order valence-corrected chi connectivity index (χ2v) is 5.70. The van der Waals surface area contributed by atoms with Crippen LogP contribution in [0.1, 0.15) is 17.1 Å². The molecule has 0 aliphatic carbocycles. The molecule has 0 saturated heterocycles. The molecule has 2 aromatic heterocycles. The molecule has 0 fully saturated rings. The van der Waals surface area contributed by atoms with Crippen LogP contribution in [-0.2, 0) is 11.3 Å². The summed E-state index contributed by atoms with van der Waals surface area (Å²) in [6, 6.07) is 13.0. The molecule has 1 aromatic carbocycles. The summed E-state index contributed by atoms with van der Waals surface area (Å²) in [5.74, 6) is 1.78. The molecule has 2 heterocycles. The summed E-state index contributed by atoms with van der Waals surface area (Å²) in [4.78, 5) is 11.8. The van der Waals surface area contributed by atoms with E-state index in [0.29, 0.717) is 28.8 Å². The van der Waals surface area contributed by atoms with Crippen molar-refractivity contribution in [1.82, 2.24) is 5.32 Å². The molecule has 3 aromatic rings. The molecule has 1 N–H and O–H groups in total. The SMILES string of the molecule is Cc1ccc(-c2ccc(/C=C/C(=O)NCc3ccco3)o2)cc1Cl. The highest BCUT2D eigenvalue weighted by Gasteiger charge is 2.06. The number of rotatable bonds is 5. The van der Waals surface area contributed by atoms with E-state index >= 15 is 0 Å². The van der Waals surface area contributed by atoms with Gasteiger partial charge in [0.1, 0.15) is 17.3 Å². The monoisotopic (exact) mass is 341 g/mol. The highest BCUT2D eigenvalue weighted by atomic mass is 35.5. The van der Waals surface area contributed by atoms with Crippen LogP contribution in [0.25, 0.3) is 17.4 Å². The minimum Gasteiger partial charge on any atom is -0.467 e. The van der Waals surface area contributed by atoms with Crippen LogP contribution < -0.4 is 5.32 Å². The first-order valence-corrected chi connectivity index (χ1v) is 7.84. The zero-order valence-electron chi connectivity index (χ0n) is 13.1. The average molecular weight is 342 g/mol. The summed E-state index contributed by atoms with van der Waals surface area (Å²) in [6.07, 6.45) is 4.61. The van der Waals surface area contributed by atoms with Gasteiger partial charge in [0, 0.05) is 16.7 Å². The van der Waals surface area contributed by atoms with Gasteiger partial charge in [-0.3, -0.25) is 4.79 Å². The molecule has 0 bridgehead atoms. The van der Waals surface area contributed by atoms with Crippen molar-refractivity contribution in [3.8, 4) is 11.3 Å². The number of amides is 1. The maximum Gasteiger partial charge on any atom is 0.244 e. The largest absolute Gasteiger partial charge is 0.467 e. The number of carbonyl (C=O) groups excluding carboxylic acids is 1. The molecule has 5 heteroatoms. The smallest absolute Gasteiger partial charge is 0.244 e. The van der Waals surface area contributed by atoms with Crippen molar-refractivity contribution in [2.75, 3.05) is 0 Å². The first kappa shape index (κ1) is 16.1. The van der Waals surface area contributed by atoms with Crippen LogP contribution in [0.15, 0.2) is 63.6 Å². The first-order valence-electron chi connectivity index (χ1n) is 7.46. The lowest BCUT2D eigenvalue weighted by molar-refractivity contribution is -0.116. The van der Waals surface area contributed by atoms with E-state index in [0.717, 1.165) is 11.1 Å². The number of hydrogen-bond acceptors (Lipinski definition) is 3. The fourth-order valence-electron chi connectivity index (χ4n) is 2.15. The lowest BCUT2D eigenvalue weighted by Gasteiger charge is -2.00. The Morgan fingerprint density at radius 1 is 1.25 bits per heavy atom. The molecule has 4 nitrogen and oxygen atoms in total. The minimum atomic E-state index is -0.220. The topological polar surface area (TPSA) is 55.4 Å². The van der Waals surface area contributed by atoms with Gasteiger partial charge in [-0.1, -0.05) is 23.7 Å². The van der Waals surface area contributed by atoms with E-state index in [1.807, 2.05) is 31.2 Å². The van der Waals surface area contributed by atoms with Crippen LogP contribution >= 0.6 is 11.6 Å². The number of carbonyl (C=O) groups is 1. The second kappa shape index (κ2) is 7.23. The summed E-state index contributed by atoms with van der Waals surface area (Å²) >= 11 is 6.13. The molecule has 0 atom stereocenters. The molecule has 0 spiro atoms. The normalized spacial score (nSPS) is 11.1. The summed E-state index contributed by atoms with van der Waals surface area (Å²) in [7, 11) is 0. The van der Waals surface area contributed by atoms with Gasteiger partial charge >= 0.3 is 0 Å². The van der Waals surface area contributed by atoms with Gasteiger partial charge in [-0.05, 0) is 48.9 Å². The molecule has 24 heavy (non-hydrogen) atoms. The standard InChI is InChI=1S/C19H16ClNO3/c1-13-4-5-14(11-17(13)20)18-8-6-15(24-18)7-9-19(22)21-12-16-3-2-10-23-16/h2-11H,12H2,1H3,(H,21,22)/b9-7+. The Morgan fingerprint density at radius 3 is 2.88 bits per heavy atom. The number of nitrogens with one attached hydrogen (secondary N) is 1. The third kappa shape index (κ3) is 3.97. The lowest BCUT2D eigenvalue weighted by Crippen LogP contribution is -2.19. The molecule has 3 rings (SSSR count). The number of benzene rings is 1. The lowest BCUT2D eigenvalue weighted by atomic mass is 10.1. The van der Waals surface area contributed by atoms with E-state index in [4.69, 9.17) is 20.4 Å². The Kier molecular flexibility index (Phi) is 4.87. The molecule has 1 amide bonds. The van der Waals surface area contributed by atoms with E-state index < -0.39 is 0 Å². The second-order valence-electron chi connectivity index (χ2n) is 5.30. The van der Waals surface area contributed by atoms with Gasteiger partial charge < -0.3 is 14.2 Å². The minimum absolute atomic E-state index is 0.220. The van der Waals surface area contributed by atoms with Crippen LogP contribution in [-0.4, -0.2) is 5.91 Å². The van der Waals surface area contributed by atoms with Crippen LogP contribution in [0.4, 0.5) is 0 Å². The zero-order valence-corrected chi connectivity index (χ0v) is 13.8. The van der Waals surface area contributed by atoms with Crippen LogP contribution in [0, 0.1) is 6.92 Å². The molecular formula is C19H16ClNO3. The van der Waals surface area contributed by atoms with Crippen molar-refractivity contribution >= 4 is 23.6 Å². The fraction of sp³-hybridized carbons (Fsp3) is 0.105. The van der Waals surface area contributed by atoms with Crippen molar-refractivity contribution < 1.29 is 13.6 Å². The molecular weight excluding hydrogens is 326 g/mol. The van der Waals surface area contributed by atoms with Crippen LogP contribution in [0.3, 0.4) is 0 Å². The third-order valence-electron chi connectivity index (χ3n) is 3.50. The Hall–Kier alpha value is -2.72.